The van der Waals surface area contributed by atoms with E-state index in [1.54, 1.807) is 4.90 Å². The van der Waals surface area contributed by atoms with Gasteiger partial charge in [0.15, 0.2) is 0 Å². The third-order valence-corrected chi connectivity index (χ3v) is 7.24. The lowest BCUT2D eigenvalue weighted by atomic mass is 9.93. The minimum absolute atomic E-state index is 0.105. The minimum atomic E-state index is -0.105. The highest BCUT2D eigenvalue weighted by atomic mass is 16.2. The lowest BCUT2D eigenvalue weighted by molar-refractivity contribution is -0.126. The number of likely N-dealkylation sites (N-methyl/N-ethyl adjacent to an activating group) is 1. The van der Waals surface area contributed by atoms with Crippen LogP contribution in [0.4, 0.5) is 0 Å². The number of carbonyl (C=O) groups is 1. The summed E-state index contributed by atoms with van der Waals surface area (Å²) in [7, 11) is 0. The number of carbonyl (C=O) groups excluding carboxylic acids is 1. The van der Waals surface area contributed by atoms with Gasteiger partial charge in [-0.05, 0) is 69.4 Å². The van der Waals surface area contributed by atoms with Crippen LogP contribution in [-0.2, 0) is 4.79 Å². The molecule has 0 saturated carbocycles. The van der Waals surface area contributed by atoms with E-state index in [1.165, 1.54) is 69.9 Å². The van der Waals surface area contributed by atoms with Crippen molar-refractivity contribution in [2.24, 2.45) is 11.8 Å². The first-order valence-corrected chi connectivity index (χ1v) is 14.7. The molecule has 35 heavy (non-hydrogen) atoms. The van der Waals surface area contributed by atoms with Crippen molar-refractivity contribution in [3.8, 4) is 6.07 Å². The predicted molar refractivity (Wildman–Crippen MR) is 150 cm³/mol. The molecule has 0 unspecified atom stereocenters. The Morgan fingerprint density at radius 1 is 0.857 bits per heavy atom. The SMILES string of the molecule is CCN(CC)C(=O)/C(C#N)=C1\C=C(N(CCCCCCC(C)C)CCCCCCC(C)C)CCC1. The van der Waals surface area contributed by atoms with Crippen LogP contribution in [0.1, 0.15) is 125 Å². The molecule has 0 N–H and O–H groups in total. The molecular formula is C31H55N3O. The summed E-state index contributed by atoms with van der Waals surface area (Å²) in [5.74, 6) is 1.49. The van der Waals surface area contributed by atoms with Crippen LogP contribution in [0.5, 0.6) is 0 Å². The van der Waals surface area contributed by atoms with Crippen molar-refractivity contribution >= 4 is 5.91 Å². The van der Waals surface area contributed by atoms with Crippen molar-refractivity contribution in [3.63, 3.8) is 0 Å². The van der Waals surface area contributed by atoms with Crippen LogP contribution in [0.3, 0.4) is 0 Å². The van der Waals surface area contributed by atoms with Crippen LogP contribution in [0, 0.1) is 23.2 Å². The first-order valence-electron chi connectivity index (χ1n) is 14.7. The lowest BCUT2D eigenvalue weighted by Gasteiger charge is -2.31. The van der Waals surface area contributed by atoms with Crippen LogP contribution >= 0.6 is 0 Å². The standard InChI is InChI=1S/C31H55N3O/c1-7-33(8-2)31(35)30(25-32)28-20-17-21-29(24-28)34(22-15-11-9-13-18-26(3)4)23-16-12-10-14-19-27(5)6/h24,26-27H,7-23H2,1-6H3/b30-28-. The van der Waals surface area contributed by atoms with Gasteiger partial charge in [-0.25, -0.2) is 0 Å². The fourth-order valence-electron chi connectivity index (χ4n) is 4.99. The summed E-state index contributed by atoms with van der Waals surface area (Å²) in [4.78, 5) is 17.3. The van der Waals surface area contributed by atoms with Gasteiger partial charge < -0.3 is 9.80 Å². The first kappa shape index (κ1) is 31.3. The molecule has 0 fully saturated rings. The Kier molecular flexibility index (Phi) is 16.5. The molecule has 1 aliphatic carbocycles. The molecule has 0 aromatic heterocycles. The second kappa shape index (κ2) is 18.5. The maximum atomic E-state index is 13.0. The summed E-state index contributed by atoms with van der Waals surface area (Å²) in [6, 6.07) is 2.26. The third kappa shape index (κ3) is 12.7. The molecule has 0 bridgehead atoms. The van der Waals surface area contributed by atoms with Gasteiger partial charge >= 0.3 is 0 Å². The molecule has 0 heterocycles. The number of allylic oxidation sites excluding steroid dienone is 3. The van der Waals surface area contributed by atoms with E-state index in [9.17, 15) is 10.1 Å². The van der Waals surface area contributed by atoms with E-state index >= 15 is 0 Å². The fourth-order valence-corrected chi connectivity index (χ4v) is 4.99. The highest BCUT2D eigenvalue weighted by Gasteiger charge is 2.22. The van der Waals surface area contributed by atoms with Crippen molar-refractivity contribution in [2.75, 3.05) is 26.2 Å². The number of hydrogen-bond donors (Lipinski definition) is 0. The average Bonchev–Trinajstić information content (AvgIpc) is 2.83. The monoisotopic (exact) mass is 485 g/mol. The second-order valence-electron chi connectivity index (χ2n) is 11.2. The molecule has 0 aromatic rings. The number of amides is 1. The molecule has 0 aliphatic heterocycles. The largest absolute Gasteiger partial charge is 0.375 e. The maximum Gasteiger partial charge on any atom is 0.264 e. The Morgan fingerprint density at radius 3 is 1.83 bits per heavy atom. The van der Waals surface area contributed by atoms with Crippen LogP contribution in [0.25, 0.3) is 0 Å². The van der Waals surface area contributed by atoms with Crippen molar-refractivity contribution in [1.82, 2.24) is 9.80 Å². The van der Waals surface area contributed by atoms with Gasteiger partial charge in [-0.1, -0.05) is 79.1 Å². The summed E-state index contributed by atoms with van der Waals surface area (Å²) in [6.45, 7) is 16.7. The summed E-state index contributed by atoms with van der Waals surface area (Å²) < 4.78 is 0. The van der Waals surface area contributed by atoms with E-state index in [4.69, 9.17) is 0 Å². The number of unbranched alkanes of at least 4 members (excludes halogenated alkanes) is 6. The van der Waals surface area contributed by atoms with Crippen LogP contribution in [-0.4, -0.2) is 41.9 Å². The average molecular weight is 486 g/mol. The summed E-state index contributed by atoms with van der Waals surface area (Å²) in [6.07, 6.45) is 18.1. The van der Waals surface area contributed by atoms with Crippen LogP contribution in [0.15, 0.2) is 22.9 Å². The molecule has 0 aromatic carbocycles. The van der Waals surface area contributed by atoms with E-state index < -0.39 is 0 Å². The van der Waals surface area contributed by atoms with Gasteiger partial charge in [-0.15, -0.1) is 0 Å². The van der Waals surface area contributed by atoms with Gasteiger partial charge in [0, 0.05) is 31.9 Å². The maximum absolute atomic E-state index is 13.0. The van der Waals surface area contributed by atoms with Crippen LogP contribution in [0.2, 0.25) is 0 Å². The molecule has 4 heteroatoms. The predicted octanol–water partition coefficient (Wildman–Crippen LogP) is 8.26. The van der Waals surface area contributed by atoms with Gasteiger partial charge in [0.25, 0.3) is 5.91 Å². The van der Waals surface area contributed by atoms with E-state index in [0.717, 1.165) is 49.8 Å². The zero-order valence-electron chi connectivity index (χ0n) is 24.0. The number of rotatable bonds is 18. The Morgan fingerprint density at radius 2 is 1.37 bits per heavy atom. The van der Waals surface area contributed by atoms with Gasteiger partial charge in [0.1, 0.15) is 11.6 Å². The van der Waals surface area contributed by atoms with Gasteiger partial charge in [-0.2, -0.15) is 5.26 Å². The lowest BCUT2D eigenvalue weighted by Crippen LogP contribution is -2.32. The topological polar surface area (TPSA) is 47.3 Å². The number of nitriles is 1. The van der Waals surface area contributed by atoms with Gasteiger partial charge in [0.2, 0.25) is 0 Å². The zero-order valence-corrected chi connectivity index (χ0v) is 24.0. The molecule has 1 amide bonds. The molecule has 0 saturated heterocycles. The number of nitrogens with zero attached hydrogens (tertiary/aromatic N) is 3. The Bertz CT molecular complexity index is 675. The smallest absolute Gasteiger partial charge is 0.264 e. The van der Waals surface area contributed by atoms with Crippen molar-refractivity contribution in [3.05, 3.63) is 22.9 Å². The minimum Gasteiger partial charge on any atom is -0.375 e. The molecule has 0 atom stereocenters. The quantitative estimate of drug-likeness (QED) is 0.111. The van der Waals surface area contributed by atoms with Crippen LogP contribution < -0.4 is 0 Å². The molecule has 4 nitrogen and oxygen atoms in total. The molecular weight excluding hydrogens is 430 g/mol. The summed E-state index contributed by atoms with van der Waals surface area (Å²) >= 11 is 0. The third-order valence-electron chi connectivity index (χ3n) is 7.24. The number of hydrogen-bond acceptors (Lipinski definition) is 3. The van der Waals surface area contributed by atoms with Gasteiger partial charge in [0.05, 0.1) is 0 Å². The Balaban J connectivity index is 2.87. The van der Waals surface area contributed by atoms with E-state index in [2.05, 4.69) is 44.7 Å². The highest BCUT2D eigenvalue weighted by molar-refractivity contribution is 5.98. The molecule has 0 radical (unpaired) electrons. The molecule has 1 aliphatic rings. The Hall–Kier alpha value is -1.76. The summed E-state index contributed by atoms with van der Waals surface area (Å²) in [5.41, 5.74) is 2.65. The Labute approximate surface area is 217 Å². The second-order valence-corrected chi connectivity index (χ2v) is 11.2. The molecule has 1 rings (SSSR count). The normalized spacial score (nSPS) is 15.2. The zero-order chi connectivity index (χ0) is 26.1. The van der Waals surface area contributed by atoms with E-state index in [-0.39, 0.29) is 5.91 Å². The summed E-state index contributed by atoms with van der Waals surface area (Å²) in [5, 5.41) is 9.84. The van der Waals surface area contributed by atoms with Crippen molar-refractivity contribution in [1.29, 1.82) is 5.26 Å². The van der Waals surface area contributed by atoms with Crippen molar-refractivity contribution in [2.45, 2.75) is 125 Å². The van der Waals surface area contributed by atoms with E-state index in [0.29, 0.717) is 18.7 Å². The van der Waals surface area contributed by atoms with Crippen molar-refractivity contribution < 1.29 is 4.79 Å². The first-order chi connectivity index (χ1) is 16.8. The van der Waals surface area contributed by atoms with E-state index in [1.807, 2.05) is 13.8 Å². The molecule has 0 spiro atoms. The molecule has 200 valence electrons. The fraction of sp³-hybridized carbons (Fsp3) is 0.806. The van der Waals surface area contributed by atoms with Gasteiger partial charge in [-0.3, -0.25) is 4.79 Å². The highest BCUT2D eigenvalue weighted by Crippen LogP contribution is 2.28.